The molecule has 0 spiro atoms. The van der Waals surface area contributed by atoms with E-state index in [0.717, 1.165) is 41.9 Å². The van der Waals surface area contributed by atoms with Crippen molar-refractivity contribution >= 4 is 5.91 Å². The summed E-state index contributed by atoms with van der Waals surface area (Å²) in [6.45, 7) is 5.32. The maximum atomic E-state index is 12.7. The van der Waals surface area contributed by atoms with Crippen LogP contribution in [0.1, 0.15) is 41.5 Å². The number of imidazole rings is 1. The van der Waals surface area contributed by atoms with Crippen molar-refractivity contribution in [2.45, 2.75) is 45.8 Å². The SMILES string of the molecule is Cc1noc(C)c1-c1nc([C@H]2CCCN(C(=O)Cn3ccnc3)C2)ccc1CO. The van der Waals surface area contributed by atoms with Crippen LogP contribution in [0.25, 0.3) is 11.3 Å². The largest absolute Gasteiger partial charge is 0.392 e. The molecule has 0 radical (unpaired) electrons. The number of likely N-dealkylation sites (tertiary alicyclic amines) is 1. The van der Waals surface area contributed by atoms with Gasteiger partial charge in [0.15, 0.2) is 0 Å². The van der Waals surface area contributed by atoms with Gasteiger partial charge in [-0.1, -0.05) is 11.2 Å². The zero-order valence-electron chi connectivity index (χ0n) is 16.7. The Hall–Kier alpha value is -3.00. The first-order valence-corrected chi connectivity index (χ1v) is 9.84. The monoisotopic (exact) mass is 395 g/mol. The number of aromatic nitrogens is 4. The molecule has 4 rings (SSSR count). The molecule has 1 N–H and O–H groups in total. The molecule has 3 aromatic heterocycles. The van der Waals surface area contributed by atoms with E-state index in [-0.39, 0.29) is 18.4 Å². The average Bonchev–Trinajstić information content (AvgIpc) is 3.37. The van der Waals surface area contributed by atoms with Crippen LogP contribution in [-0.4, -0.2) is 48.7 Å². The van der Waals surface area contributed by atoms with Crippen LogP contribution < -0.4 is 0 Å². The lowest BCUT2D eigenvalue weighted by Crippen LogP contribution is -2.40. The van der Waals surface area contributed by atoms with E-state index in [1.54, 1.807) is 23.3 Å². The van der Waals surface area contributed by atoms with Crippen LogP contribution >= 0.6 is 0 Å². The molecule has 0 aliphatic carbocycles. The Bertz CT molecular complexity index is 976. The Kier molecular flexibility index (Phi) is 5.44. The van der Waals surface area contributed by atoms with Crippen LogP contribution in [0.5, 0.6) is 0 Å². The number of pyridine rings is 1. The molecule has 1 fully saturated rings. The van der Waals surface area contributed by atoms with Crippen LogP contribution in [0, 0.1) is 13.8 Å². The summed E-state index contributed by atoms with van der Waals surface area (Å²) in [5.41, 5.74) is 3.97. The molecule has 0 aromatic carbocycles. The molecule has 4 heterocycles. The highest BCUT2D eigenvalue weighted by Gasteiger charge is 2.27. The number of piperidine rings is 1. The summed E-state index contributed by atoms with van der Waals surface area (Å²) in [7, 11) is 0. The fourth-order valence-corrected chi connectivity index (χ4v) is 3.98. The number of hydrogen-bond acceptors (Lipinski definition) is 6. The van der Waals surface area contributed by atoms with Crippen LogP contribution in [-0.2, 0) is 17.9 Å². The van der Waals surface area contributed by atoms with E-state index in [1.165, 1.54) is 0 Å². The van der Waals surface area contributed by atoms with Crippen LogP contribution in [0.3, 0.4) is 0 Å². The van der Waals surface area contributed by atoms with Crippen molar-refractivity contribution < 1.29 is 14.4 Å². The van der Waals surface area contributed by atoms with Gasteiger partial charge in [0.1, 0.15) is 12.3 Å². The van der Waals surface area contributed by atoms with Crippen LogP contribution in [0.4, 0.5) is 0 Å². The first-order chi connectivity index (χ1) is 14.1. The van der Waals surface area contributed by atoms with Gasteiger partial charge in [0.2, 0.25) is 5.91 Å². The molecular weight excluding hydrogens is 370 g/mol. The summed E-state index contributed by atoms with van der Waals surface area (Å²) >= 11 is 0. The van der Waals surface area contributed by atoms with Crippen LogP contribution in [0.15, 0.2) is 35.4 Å². The molecule has 0 saturated carbocycles. The smallest absolute Gasteiger partial charge is 0.242 e. The van der Waals surface area contributed by atoms with Gasteiger partial charge in [-0.05, 0) is 32.8 Å². The van der Waals surface area contributed by atoms with E-state index in [1.807, 2.05) is 30.9 Å². The molecule has 8 nitrogen and oxygen atoms in total. The minimum atomic E-state index is -0.104. The molecule has 1 saturated heterocycles. The van der Waals surface area contributed by atoms with E-state index in [9.17, 15) is 9.90 Å². The molecule has 1 amide bonds. The predicted octanol–water partition coefficient (Wildman–Crippen LogP) is 2.45. The molecule has 0 bridgehead atoms. The second-order valence-electron chi connectivity index (χ2n) is 7.52. The van der Waals surface area contributed by atoms with Gasteiger partial charge in [-0.15, -0.1) is 0 Å². The summed E-state index contributed by atoms with van der Waals surface area (Å²) in [6.07, 6.45) is 7.04. The van der Waals surface area contributed by atoms with Crippen molar-refractivity contribution in [3.05, 3.63) is 53.6 Å². The van der Waals surface area contributed by atoms with Gasteiger partial charge in [-0.3, -0.25) is 9.78 Å². The summed E-state index contributed by atoms with van der Waals surface area (Å²) in [6, 6.07) is 3.87. The van der Waals surface area contributed by atoms with E-state index < -0.39 is 0 Å². The van der Waals surface area contributed by atoms with E-state index in [0.29, 0.717) is 24.5 Å². The maximum absolute atomic E-state index is 12.7. The second kappa shape index (κ2) is 8.16. The minimum Gasteiger partial charge on any atom is -0.392 e. The summed E-state index contributed by atoms with van der Waals surface area (Å²) in [5.74, 6) is 0.927. The van der Waals surface area contributed by atoms with Crippen molar-refractivity contribution in [3.63, 3.8) is 0 Å². The zero-order chi connectivity index (χ0) is 20.4. The third-order valence-corrected chi connectivity index (χ3v) is 5.51. The second-order valence-corrected chi connectivity index (χ2v) is 7.52. The van der Waals surface area contributed by atoms with Gasteiger partial charge in [-0.25, -0.2) is 4.98 Å². The number of aliphatic hydroxyl groups excluding tert-OH is 1. The van der Waals surface area contributed by atoms with E-state index in [2.05, 4.69) is 10.1 Å². The van der Waals surface area contributed by atoms with Gasteiger partial charge < -0.3 is 19.1 Å². The highest BCUT2D eigenvalue weighted by Crippen LogP contribution is 2.32. The molecule has 8 heteroatoms. The number of aliphatic hydroxyl groups is 1. The number of nitrogens with zero attached hydrogens (tertiary/aromatic N) is 5. The van der Waals surface area contributed by atoms with Gasteiger partial charge in [0, 0.05) is 42.7 Å². The molecular formula is C21H25N5O3. The molecule has 152 valence electrons. The highest BCUT2D eigenvalue weighted by molar-refractivity contribution is 5.76. The lowest BCUT2D eigenvalue weighted by molar-refractivity contribution is -0.133. The van der Waals surface area contributed by atoms with Crippen molar-refractivity contribution in [2.75, 3.05) is 13.1 Å². The molecule has 29 heavy (non-hydrogen) atoms. The van der Waals surface area contributed by atoms with Crippen molar-refractivity contribution in [1.29, 1.82) is 0 Å². The summed E-state index contributed by atoms with van der Waals surface area (Å²) in [4.78, 5) is 23.5. The Morgan fingerprint density at radius 2 is 2.21 bits per heavy atom. The van der Waals surface area contributed by atoms with E-state index >= 15 is 0 Å². The maximum Gasteiger partial charge on any atom is 0.242 e. The normalized spacial score (nSPS) is 16.9. The number of rotatable bonds is 5. The fraction of sp³-hybridized carbons (Fsp3) is 0.429. The molecule has 1 aliphatic heterocycles. The molecule has 0 unspecified atom stereocenters. The fourth-order valence-electron chi connectivity index (χ4n) is 3.98. The average molecular weight is 395 g/mol. The van der Waals surface area contributed by atoms with Crippen molar-refractivity contribution in [1.82, 2.24) is 24.6 Å². The molecule has 3 aromatic rings. The van der Waals surface area contributed by atoms with E-state index in [4.69, 9.17) is 9.51 Å². The molecule has 1 aliphatic rings. The Morgan fingerprint density at radius 1 is 1.34 bits per heavy atom. The van der Waals surface area contributed by atoms with Crippen molar-refractivity contribution in [2.24, 2.45) is 0 Å². The van der Waals surface area contributed by atoms with Gasteiger partial charge >= 0.3 is 0 Å². The standard InChI is InChI=1S/C21H25N5O3/c1-14-20(15(2)29-24-14)21-17(12-27)5-6-18(23-21)16-4-3-8-26(10-16)19(28)11-25-9-7-22-13-25/h5-7,9,13,16,27H,3-4,8,10-12H2,1-2H3/t16-/m0/s1. The van der Waals surface area contributed by atoms with Gasteiger partial charge in [0.25, 0.3) is 0 Å². The van der Waals surface area contributed by atoms with Crippen molar-refractivity contribution in [3.8, 4) is 11.3 Å². The number of hydrogen-bond donors (Lipinski definition) is 1. The Morgan fingerprint density at radius 3 is 2.90 bits per heavy atom. The third-order valence-electron chi connectivity index (χ3n) is 5.51. The number of amides is 1. The lowest BCUT2D eigenvalue weighted by atomic mass is 9.93. The lowest BCUT2D eigenvalue weighted by Gasteiger charge is -2.33. The van der Waals surface area contributed by atoms with Gasteiger partial charge in [0.05, 0.1) is 29.9 Å². The Balaban J connectivity index is 1.58. The first kappa shape index (κ1) is 19.3. The number of carbonyl (C=O) groups is 1. The highest BCUT2D eigenvalue weighted by atomic mass is 16.5. The minimum absolute atomic E-state index is 0.0885. The topological polar surface area (TPSA) is 97.3 Å². The number of carbonyl (C=O) groups excluding carboxylic acids is 1. The first-order valence-electron chi connectivity index (χ1n) is 9.84. The molecule has 1 atom stereocenters. The summed E-state index contributed by atoms with van der Waals surface area (Å²) < 4.78 is 7.09. The summed E-state index contributed by atoms with van der Waals surface area (Å²) in [5, 5.41) is 13.8. The predicted molar refractivity (Wildman–Crippen MR) is 106 cm³/mol. The third kappa shape index (κ3) is 3.93. The zero-order valence-corrected chi connectivity index (χ0v) is 16.7. The van der Waals surface area contributed by atoms with Crippen LogP contribution in [0.2, 0.25) is 0 Å². The van der Waals surface area contributed by atoms with Gasteiger partial charge in [-0.2, -0.15) is 0 Å². The number of aryl methyl sites for hydroxylation is 2. The quantitative estimate of drug-likeness (QED) is 0.713. The Labute approximate surface area is 169 Å².